The summed E-state index contributed by atoms with van der Waals surface area (Å²) in [5.74, 6) is -0.0922. The minimum Gasteiger partial charge on any atom is -0.466 e. The summed E-state index contributed by atoms with van der Waals surface area (Å²) in [4.78, 5) is 24.4. The number of nitrogens with one attached hydrogen (secondary N) is 1. The van der Waals surface area contributed by atoms with Gasteiger partial charge in [-0.1, -0.05) is 224 Å². The van der Waals surface area contributed by atoms with Crippen molar-refractivity contribution < 1.29 is 24.5 Å². The molecule has 0 aliphatic heterocycles. The zero-order valence-electron chi connectivity index (χ0n) is 41.4. The van der Waals surface area contributed by atoms with Gasteiger partial charge in [-0.05, 0) is 83.5 Å². The summed E-state index contributed by atoms with van der Waals surface area (Å²) in [6.45, 7) is 4.87. The van der Waals surface area contributed by atoms with Gasteiger partial charge < -0.3 is 20.3 Å². The Morgan fingerprint density at radius 3 is 1.15 bits per heavy atom. The minimum atomic E-state index is -0.852. The molecule has 62 heavy (non-hydrogen) atoms. The fourth-order valence-corrected chi connectivity index (χ4v) is 8.15. The summed E-state index contributed by atoms with van der Waals surface area (Å²) in [5.41, 5.74) is 0. The number of amides is 1. The number of esters is 1. The maximum absolute atomic E-state index is 12.4. The van der Waals surface area contributed by atoms with E-state index in [2.05, 4.69) is 43.5 Å². The van der Waals surface area contributed by atoms with Crippen LogP contribution in [-0.2, 0) is 14.3 Å². The second-order valence-corrected chi connectivity index (χ2v) is 18.5. The Hall–Kier alpha value is -1.92. The SMILES string of the molecule is CCCCCCCC/C=C\CCCCCCCC(=O)OCCCCCCCC/C=C\CCCCCCCCCC(=O)NC(CO)C(O)/C=C/CCCCCCCCCCCCC. The van der Waals surface area contributed by atoms with E-state index >= 15 is 0 Å². The molecule has 0 saturated carbocycles. The van der Waals surface area contributed by atoms with Crippen molar-refractivity contribution in [1.29, 1.82) is 0 Å². The first-order valence-electron chi connectivity index (χ1n) is 27.3. The van der Waals surface area contributed by atoms with Crippen LogP contribution in [0.1, 0.15) is 284 Å². The van der Waals surface area contributed by atoms with Crippen LogP contribution in [0.4, 0.5) is 0 Å². The van der Waals surface area contributed by atoms with Crippen molar-refractivity contribution in [2.75, 3.05) is 13.2 Å². The van der Waals surface area contributed by atoms with Crippen LogP contribution in [0.5, 0.6) is 0 Å². The van der Waals surface area contributed by atoms with Crippen molar-refractivity contribution in [3.05, 3.63) is 36.5 Å². The number of hydrogen-bond acceptors (Lipinski definition) is 5. The van der Waals surface area contributed by atoms with Gasteiger partial charge in [0.2, 0.25) is 5.91 Å². The molecule has 0 aliphatic rings. The van der Waals surface area contributed by atoms with E-state index < -0.39 is 12.1 Å². The first kappa shape index (κ1) is 60.1. The van der Waals surface area contributed by atoms with Gasteiger partial charge in [-0.3, -0.25) is 9.59 Å². The molecule has 2 unspecified atom stereocenters. The van der Waals surface area contributed by atoms with Crippen molar-refractivity contribution in [3.8, 4) is 0 Å². The number of carbonyl (C=O) groups is 2. The van der Waals surface area contributed by atoms with Crippen LogP contribution in [0.15, 0.2) is 36.5 Å². The highest BCUT2D eigenvalue weighted by atomic mass is 16.5. The van der Waals surface area contributed by atoms with Crippen molar-refractivity contribution in [1.82, 2.24) is 5.32 Å². The lowest BCUT2D eigenvalue weighted by atomic mass is 10.0. The van der Waals surface area contributed by atoms with Crippen molar-refractivity contribution >= 4 is 11.9 Å². The number of hydrogen-bond donors (Lipinski definition) is 3. The fourth-order valence-electron chi connectivity index (χ4n) is 8.15. The van der Waals surface area contributed by atoms with E-state index in [1.54, 1.807) is 6.08 Å². The third-order valence-electron chi connectivity index (χ3n) is 12.4. The van der Waals surface area contributed by atoms with Crippen LogP contribution < -0.4 is 5.32 Å². The Morgan fingerprint density at radius 1 is 0.435 bits per heavy atom. The van der Waals surface area contributed by atoms with E-state index in [4.69, 9.17) is 4.74 Å². The summed E-state index contributed by atoms with van der Waals surface area (Å²) >= 11 is 0. The molecule has 364 valence electrons. The highest BCUT2D eigenvalue weighted by molar-refractivity contribution is 5.76. The Labute approximate surface area is 385 Å². The molecule has 0 fully saturated rings. The maximum atomic E-state index is 12.4. The van der Waals surface area contributed by atoms with Crippen LogP contribution in [0.25, 0.3) is 0 Å². The number of rotatable bonds is 50. The molecular weight excluding hydrogens is 767 g/mol. The molecule has 0 aromatic heterocycles. The van der Waals surface area contributed by atoms with E-state index in [0.717, 1.165) is 57.8 Å². The van der Waals surface area contributed by atoms with Crippen LogP contribution in [0.3, 0.4) is 0 Å². The van der Waals surface area contributed by atoms with E-state index in [1.807, 2.05) is 6.08 Å². The molecule has 0 aromatic rings. The van der Waals surface area contributed by atoms with Gasteiger partial charge in [-0.25, -0.2) is 0 Å². The number of ether oxygens (including phenoxy) is 1. The van der Waals surface area contributed by atoms with Gasteiger partial charge >= 0.3 is 5.97 Å². The summed E-state index contributed by atoms with van der Waals surface area (Å²) < 4.78 is 5.46. The topological polar surface area (TPSA) is 95.9 Å². The molecule has 6 nitrogen and oxygen atoms in total. The number of aliphatic hydroxyl groups excluding tert-OH is 2. The van der Waals surface area contributed by atoms with Gasteiger partial charge in [0.15, 0.2) is 0 Å². The van der Waals surface area contributed by atoms with Gasteiger partial charge in [0.25, 0.3) is 0 Å². The number of allylic oxidation sites excluding steroid dienone is 5. The van der Waals surface area contributed by atoms with Gasteiger partial charge in [-0.2, -0.15) is 0 Å². The molecule has 0 rings (SSSR count). The molecular formula is C56H105NO5. The summed E-state index contributed by atoms with van der Waals surface area (Å²) in [7, 11) is 0. The molecule has 0 aromatic carbocycles. The summed E-state index contributed by atoms with van der Waals surface area (Å²) in [6.07, 6.45) is 62.9. The van der Waals surface area contributed by atoms with Crippen molar-refractivity contribution in [3.63, 3.8) is 0 Å². The van der Waals surface area contributed by atoms with Crippen LogP contribution >= 0.6 is 0 Å². The molecule has 0 spiro atoms. The first-order chi connectivity index (χ1) is 30.5. The van der Waals surface area contributed by atoms with Gasteiger partial charge in [0, 0.05) is 12.8 Å². The summed E-state index contributed by atoms with van der Waals surface area (Å²) in [5, 5.41) is 23.0. The Balaban J connectivity index is 3.48. The van der Waals surface area contributed by atoms with Gasteiger partial charge in [0.1, 0.15) is 0 Å². The van der Waals surface area contributed by atoms with E-state index in [1.165, 1.54) is 199 Å². The number of unbranched alkanes of at least 4 members (excludes halogenated alkanes) is 35. The molecule has 0 saturated heterocycles. The molecule has 6 heteroatoms. The molecule has 0 heterocycles. The third kappa shape index (κ3) is 47.6. The fraction of sp³-hybridized carbons (Fsp3) is 0.857. The van der Waals surface area contributed by atoms with Gasteiger partial charge in [0.05, 0.1) is 25.4 Å². The minimum absolute atomic E-state index is 0.0112. The second-order valence-electron chi connectivity index (χ2n) is 18.5. The summed E-state index contributed by atoms with van der Waals surface area (Å²) in [6, 6.07) is -0.636. The Kier molecular flexibility index (Phi) is 50.1. The van der Waals surface area contributed by atoms with E-state index in [0.29, 0.717) is 19.4 Å². The molecule has 0 radical (unpaired) electrons. The Morgan fingerprint density at radius 2 is 0.758 bits per heavy atom. The van der Waals surface area contributed by atoms with Crippen LogP contribution in [-0.4, -0.2) is 47.4 Å². The molecule has 0 bridgehead atoms. The van der Waals surface area contributed by atoms with E-state index in [-0.39, 0.29) is 18.5 Å². The maximum Gasteiger partial charge on any atom is 0.305 e. The van der Waals surface area contributed by atoms with Crippen molar-refractivity contribution in [2.45, 2.75) is 296 Å². The molecule has 0 aliphatic carbocycles. The zero-order chi connectivity index (χ0) is 45.1. The normalized spacial score (nSPS) is 12.9. The lowest BCUT2D eigenvalue weighted by Crippen LogP contribution is -2.45. The quantitative estimate of drug-likeness (QED) is 0.0321. The average molecular weight is 872 g/mol. The van der Waals surface area contributed by atoms with Crippen molar-refractivity contribution in [2.24, 2.45) is 0 Å². The molecule has 1 amide bonds. The number of aliphatic hydroxyl groups is 2. The standard InChI is InChI=1S/C56H105NO5/c1-3-5-7-9-11-13-15-17-21-26-30-34-38-42-46-50-56(61)62-51-47-43-39-35-31-27-23-20-18-19-22-25-29-33-37-41-45-49-55(60)57-53(52-58)54(59)48-44-40-36-32-28-24-16-14-12-10-8-6-4-2/h17-18,20-21,44,48,53-54,58-59H,3-16,19,22-43,45-47,49-52H2,1-2H3,(H,57,60)/b20-18-,21-17-,48-44+. The van der Waals surface area contributed by atoms with Gasteiger partial charge in [-0.15, -0.1) is 0 Å². The monoisotopic (exact) mass is 872 g/mol. The highest BCUT2D eigenvalue weighted by Crippen LogP contribution is 2.15. The highest BCUT2D eigenvalue weighted by Gasteiger charge is 2.18. The third-order valence-corrected chi connectivity index (χ3v) is 12.4. The second kappa shape index (κ2) is 51.7. The average Bonchev–Trinajstić information content (AvgIpc) is 3.27. The lowest BCUT2D eigenvalue weighted by Gasteiger charge is -2.20. The van der Waals surface area contributed by atoms with E-state index in [9.17, 15) is 19.8 Å². The van der Waals surface area contributed by atoms with Crippen LogP contribution in [0, 0.1) is 0 Å². The predicted molar refractivity (Wildman–Crippen MR) is 269 cm³/mol. The zero-order valence-corrected chi connectivity index (χ0v) is 41.4. The number of carbonyl (C=O) groups excluding carboxylic acids is 2. The van der Waals surface area contributed by atoms with Crippen LogP contribution in [0.2, 0.25) is 0 Å². The lowest BCUT2D eigenvalue weighted by molar-refractivity contribution is -0.143. The predicted octanol–water partition coefficient (Wildman–Crippen LogP) is 16.5. The molecule has 2 atom stereocenters. The largest absolute Gasteiger partial charge is 0.466 e. The Bertz CT molecular complexity index is 1010. The molecule has 3 N–H and O–H groups in total. The first-order valence-corrected chi connectivity index (χ1v) is 27.3. The smallest absolute Gasteiger partial charge is 0.305 e.